The third-order valence-corrected chi connectivity index (χ3v) is 3.03. The first-order valence-electron chi connectivity index (χ1n) is 5.28. The summed E-state index contributed by atoms with van der Waals surface area (Å²) in [5, 5.41) is 9.08. The highest BCUT2D eigenvalue weighted by Gasteiger charge is 2.59. The maximum Gasteiger partial charge on any atom is 0.411 e. The lowest BCUT2D eigenvalue weighted by Crippen LogP contribution is -2.48. The molecule has 1 amide bonds. The molecule has 0 aromatic rings. The summed E-state index contributed by atoms with van der Waals surface area (Å²) in [6.45, 7) is 6.20. The molecule has 2 heterocycles. The van der Waals surface area contributed by atoms with Crippen LogP contribution in [0.25, 0.3) is 0 Å². The summed E-state index contributed by atoms with van der Waals surface area (Å²) in [7, 11) is 0. The van der Waals surface area contributed by atoms with E-state index in [1.165, 1.54) is 0 Å². The average Bonchev–Trinajstić information content (AvgIpc) is 2.52. The Hall–Kier alpha value is -1.24. The van der Waals surface area contributed by atoms with Gasteiger partial charge in [0.05, 0.1) is 6.07 Å². The summed E-state index contributed by atoms with van der Waals surface area (Å²) >= 11 is 0. The van der Waals surface area contributed by atoms with Crippen LogP contribution in [-0.4, -0.2) is 28.7 Å². The number of amides is 1. The van der Waals surface area contributed by atoms with Crippen molar-refractivity contribution in [3.8, 4) is 6.07 Å². The van der Waals surface area contributed by atoms with Gasteiger partial charge in [0, 0.05) is 6.54 Å². The predicted molar refractivity (Wildman–Crippen MR) is 54.0 cm³/mol. The lowest BCUT2D eigenvalue weighted by molar-refractivity contribution is 0.0169. The van der Waals surface area contributed by atoms with Gasteiger partial charge >= 0.3 is 6.09 Å². The zero-order valence-corrected chi connectivity index (χ0v) is 9.41. The van der Waals surface area contributed by atoms with E-state index in [0.29, 0.717) is 12.5 Å². The zero-order chi connectivity index (χ0) is 11.3. The number of ether oxygens (including phenoxy) is 1. The lowest BCUT2D eigenvalue weighted by Gasteiger charge is -2.35. The van der Waals surface area contributed by atoms with Crippen molar-refractivity contribution < 1.29 is 9.53 Å². The number of rotatable bonds is 0. The zero-order valence-electron chi connectivity index (χ0n) is 9.41. The van der Waals surface area contributed by atoms with Crippen LogP contribution in [0.3, 0.4) is 0 Å². The van der Waals surface area contributed by atoms with Gasteiger partial charge in [0.2, 0.25) is 0 Å². The van der Waals surface area contributed by atoms with Gasteiger partial charge in [-0.15, -0.1) is 0 Å². The molecule has 1 aliphatic carbocycles. The maximum atomic E-state index is 11.8. The van der Waals surface area contributed by atoms with Crippen molar-refractivity contribution in [1.82, 2.24) is 4.90 Å². The van der Waals surface area contributed by atoms with Crippen LogP contribution in [-0.2, 0) is 4.74 Å². The lowest BCUT2D eigenvalue weighted by atomic mass is 9.74. The van der Waals surface area contributed by atoms with E-state index in [4.69, 9.17) is 10.00 Å². The fourth-order valence-electron chi connectivity index (χ4n) is 2.40. The second-order valence-corrected chi connectivity index (χ2v) is 5.51. The molecule has 2 aliphatic heterocycles. The van der Waals surface area contributed by atoms with E-state index in [-0.39, 0.29) is 6.09 Å². The first-order valence-corrected chi connectivity index (χ1v) is 5.28. The molecule has 82 valence electrons. The van der Waals surface area contributed by atoms with Crippen LogP contribution in [0.1, 0.15) is 33.6 Å². The van der Waals surface area contributed by atoms with Gasteiger partial charge in [-0.05, 0) is 39.5 Å². The highest BCUT2D eigenvalue weighted by Crippen LogP contribution is 2.50. The van der Waals surface area contributed by atoms with Crippen molar-refractivity contribution >= 4 is 6.09 Å². The number of nitriles is 1. The van der Waals surface area contributed by atoms with E-state index >= 15 is 0 Å². The Balaban J connectivity index is 2.07. The van der Waals surface area contributed by atoms with Crippen LogP contribution in [0, 0.1) is 17.2 Å². The molecule has 3 rings (SSSR count). The molecule has 2 saturated heterocycles. The highest BCUT2D eigenvalue weighted by molar-refractivity contribution is 5.71. The second-order valence-electron chi connectivity index (χ2n) is 5.51. The van der Waals surface area contributed by atoms with Crippen molar-refractivity contribution in [2.45, 2.75) is 44.8 Å². The Morgan fingerprint density at radius 3 is 2.60 bits per heavy atom. The minimum Gasteiger partial charge on any atom is -0.444 e. The monoisotopic (exact) mass is 208 g/mol. The molecular weight excluding hydrogens is 192 g/mol. The smallest absolute Gasteiger partial charge is 0.411 e. The number of carbonyl (C=O) groups is 1. The van der Waals surface area contributed by atoms with E-state index in [9.17, 15) is 4.79 Å². The molecule has 0 spiro atoms. The Kier molecular flexibility index (Phi) is 1.97. The minimum absolute atomic E-state index is 0.343. The topological polar surface area (TPSA) is 53.3 Å². The van der Waals surface area contributed by atoms with Crippen LogP contribution in [0.2, 0.25) is 0 Å². The summed E-state index contributed by atoms with van der Waals surface area (Å²) in [6.07, 6.45) is 1.30. The van der Waals surface area contributed by atoms with Gasteiger partial charge in [-0.2, -0.15) is 5.26 Å². The third kappa shape index (κ3) is 1.56. The van der Waals surface area contributed by atoms with Crippen molar-refractivity contribution in [1.29, 1.82) is 5.26 Å². The number of nitrogens with zero attached hydrogens (tertiary/aromatic N) is 2. The van der Waals surface area contributed by atoms with E-state index in [0.717, 1.165) is 12.8 Å². The molecule has 3 fully saturated rings. The van der Waals surface area contributed by atoms with Crippen molar-refractivity contribution in [3.63, 3.8) is 0 Å². The van der Waals surface area contributed by atoms with Gasteiger partial charge in [-0.1, -0.05) is 0 Å². The van der Waals surface area contributed by atoms with E-state index in [1.807, 2.05) is 20.8 Å². The van der Waals surface area contributed by atoms with Gasteiger partial charge in [0.15, 0.2) is 0 Å². The van der Waals surface area contributed by atoms with Crippen molar-refractivity contribution in [2.75, 3.05) is 6.54 Å². The second kappa shape index (κ2) is 2.88. The number of hydrogen-bond acceptors (Lipinski definition) is 3. The molecular formula is C11H16N2O2. The molecule has 1 saturated carbocycles. The molecule has 3 aliphatic rings. The predicted octanol–water partition coefficient (Wildman–Crippen LogP) is 1.91. The van der Waals surface area contributed by atoms with Crippen molar-refractivity contribution in [3.05, 3.63) is 0 Å². The summed E-state index contributed by atoms with van der Waals surface area (Å²) in [6, 6.07) is 2.25. The Morgan fingerprint density at radius 1 is 1.53 bits per heavy atom. The van der Waals surface area contributed by atoms with Gasteiger partial charge in [-0.3, -0.25) is 4.90 Å². The molecule has 4 nitrogen and oxygen atoms in total. The van der Waals surface area contributed by atoms with Crippen LogP contribution in [0.5, 0.6) is 0 Å². The van der Waals surface area contributed by atoms with Gasteiger partial charge in [0.25, 0.3) is 0 Å². The molecule has 0 aromatic heterocycles. The molecule has 15 heavy (non-hydrogen) atoms. The van der Waals surface area contributed by atoms with E-state index < -0.39 is 11.1 Å². The molecule has 2 bridgehead atoms. The number of hydrogen-bond donors (Lipinski definition) is 0. The first kappa shape index (κ1) is 10.3. The van der Waals surface area contributed by atoms with E-state index in [2.05, 4.69) is 6.07 Å². The van der Waals surface area contributed by atoms with E-state index in [1.54, 1.807) is 4.90 Å². The van der Waals surface area contributed by atoms with Gasteiger partial charge < -0.3 is 4.74 Å². The fraction of sp³-hybridized carbons (Fsp3) is 0.818. The molecule has 0 radical (unpaired) electrons. The first-order chi connectivity index (χ1) is 6.86. The third-order valence-electron chi connectivity index (χ3n) is 3.03. The Morgan fingerprint density at radius 2 is 2.13 bits per heavy atom. The summed E-state index contributed by atoms with van der Waals surface area (Å²) in [5.74, 6) is 0.511. The SMILES string of the molecule is CC(C)(C)OC(=O)N1CC2CC1(C#N)C2. The molecule has 4 heteroatoms. The minimum atomic E-state index is -0.549. The number of carbonyl (C=O) groups excluding carboxylic acids is 1. The largest absolute Gasteiger partial charge is 0.444 e. The summed E-state index contributed by atoms with van der Waals surface area (Å²) in [5.41, 5.74) is -1.03. The normalized spacial score (nSPS) is 33.2. The van der Waals surface area contributed by atoms with Crippen LogP contribution in [0.4, 0.5) is 4.79 Å². The maximum absolute atomic E-state index is 11.8. The van der Waals surface area contributed by atoms with Crippen LogP contribution in [0.15, 0.2) is 0 Å². The van der Waals surface area contributed by atoms with Crippen molar-refractivity contribution in [2.24, 2.45) is 5.92 Å². The molecule has 0 N–H and O–H groups in total. The molecule has 0 atom stereocenters. The molecule has 0 aromatic carbocycles. The Labute approximate surface area is 89.8 Å². The van der Waals surface area contributed by atoms with Crippen LogP contribution < -0.4 is 0 Å². The highest BCUT2D eigenvalue weighted by atomic mass is 16.6. The average molecular weight is 208 g/mol. The molecule has 0 unspecified atom stereocenters. The number of fused-ring (bicyclic) bond motifs is 1. The van der Waals surface area contributed by atoms with Gasteiger partial charge in [-0.25, -0.2) is 4.79 Å². The van der Waals surface area contributed by atoms with Gasteiger partial charge in [0.1, 0.15) is 11.1 Å². The Bertz CT molecular complexity index is 331. The van der Waals surface area contributed by atoms with Crippen LogP contribution >= 0.6 is 0 Å². The quantitative estimate of drug-likeness (QED) is 0.611. The fourth-order valence-corrected chi connectivity index (χ4v) is 2.40. The summed E-state index contributed by atoms with van der Waals surface area (Å²) < 4.78 is 5.28. The standard InChI is InChI=1S/C11H16N2O2/c1-10(2,3)15-9(14)13-6-8-4-11(13,5-8)7-12/h8H,4-6H2,1-3H3. The summed E-state index contributed by atoms with van der Waals surface area (Å²) in [4.78, 5) is 13.4.